The van der Waals surface area contributed by atoms with Crippen LogP contribution in [-0.2, 0) is 6.54 Å². The molecule has 0 unspecified atom stereocenters. The number of halogens is 2. The molecular weight excluding hydrogens is 441 g/mol. The van der Waals surface area contributed by atoms with Gasteiger partial charge in [-0.15, -0.1) is 24.8 Å². The largest absolute Gasteiger partial charge is 0.496 e. The molecule has 3 aromatic carbocycles. The van der Waals surface area contributed by atoms with Crippen LogP contribution in [0.15, 0.2) is 72.8 Å². The van der Waals surface area contributed by atoms with Gasteiger partial charge in [0.1, 0.15) is 5.75 Å². The van der Waals surface area contributed by atoms with Crippen molar-refractivity contribution in [2.45, 2.75) is 24.9 Å². The van der Waals surface area contributed by atoms with Gasteiger partial charge in [-0.1, -0.05) is 48.5 Å². The number of piperidine rings is 1. The Morgan fingerprint density at radius 1 is 1.00 bits per heavy atom. The fraction of sp³-hybridized carbons (Fsp3) is 0.269. The van der Waals surface area contributed by atoms with Crippen molar-refractivity contribution in [2.75, 3.05) is 20.2 Å². The topological polar surface area (TPSA) is 57.1 Å². The zero-order valence-electron chi connectivity index (χ0n) is 18.1. The maximum atomic E-state index is 9.03. The van der Waals surface area contributed by atoms with Crippen LogP contribution in [0.2, 0.25) is 0 Å². The zero-order valence-corrected chi connectivity index (χ0v) is 19.7. The minimum atomic E-state index is 0. The van der Waals surface area contributed by atoms with E-state index >= 15 is 0 Å². The molecule has 0 aliphatic carbocycles. The van der Waals surface area contributed by atoms with Crippen LogP contribution in [0.3, 0.4) is 0 Å². The minimum Gasteiger partial charge on any atom is -0.496 e. The number of rotatable bonds is 6. The van der Waals surface area contributed by atoms with Gasteiger partial charge >= 0.3 is 0 Å². The van der Waals surface area contributed by atoms with Crippen molar-refractivity contribution < 1.29 is 4.74 Å². The second-order valence-corrected chi connectivity index (χ2v) is 7.71. The lowest BCUT2D eigenvalue weighted by molar-refractivity contribution is 0.337. The van der Waals surface area contributed by atoms with Crippen molar-refractivity contribution in [3.05, 3.63) is 89.5 Å². The van der Waals surface area contributed by atoms with Gasteiger partial charge in [0, 0.05) is 30.6 Å². The van der Waals surface area contributed by atoms with Crippen LogP contribution < -0.4 is 15.4 Å². The SMILES string of the molecule is COc1ccc(-c2ccc(C#N)cc2)cc1CN[C@H]1CCNC[C@H]1c1ccccc1.Cl.Cl. The van der Waals surface area contributed by atoms with Gasteiger partial charge in [0.25, 0.3) is 0 Å². The van der Waals surface area contributed by atoms with Crippen LogP contribution in [0.5, 0.6) is 5.75 Å². The lowest BCUT2D eigenvalue weighted by Gasteiger charge is -2.33. The molecule has 2 atom stereocenters. The fourth-order valence-corrected chi connectivity index (χ4v) is 4.23. The summed E-state index contributed by atoms with van der Waals surface area (Å²) >= 11 is 0. The number of nitrogens with zero attached hydrogens (tertiary/aromatic N) is 1. The van der Waals surface area contributed by atoms with Crippen molar-refractivity contribution in [3.8, 4) is 22.9 Å². The Labute approximate surface area is 202 Å². The van der Waals surface area contributed by atoms with Gasteiger partial charge in [-0.05, 0) is 53.9 Å². The summed E-state index contributed by atoms with van der Waals surface area (Å²) in [6, 6.07) is 27.3. The normalized spacial score (nSPS) is 17.4. The van der Waals surface area contributed by atoms with Gasteiger partial charge < -0.3 is 15.4 Å². The predicted molar refractivity (Wildman–Crippen MR) is 135 cm³/mol. The lowest BCUT2D eigenvalue weighted by Crippen LogP contribution is -2.45. The van der Waals surface area contributed by atoms with E-state index in [1.165, 1.54) is 5.56 Å². The fourth-order valence-electron chi connectivity index (χ4n) is 4.23. The Hall–Kier alpha value is -2.55. The highest BCUT2D eigenvalue weighted by Crippen LogP contribution is 2.29. The monoisotopic (exact) mass is 469 g/mol. The summed E-state index contributed by atoms with van der Waals surface area (Å²) in [4.78, 5) is 0. The summed E-state index contributed by atoms with van der Waals surface area (Å²) in [5, 5.41) is 16.4. The molecule has 168 valence electrons. The average Bonchev–Trinajstić information content (AvgIpc) is 2.83. The number of ether oxygens (including phenoxy) is 1. The highest BCUT2D eigenvalue weighted by Gasteiger charge is 2.26. The van der Waals surface area contributed by atoms with E-state index < -0.39 is 0 Å². The van der Waals surface area contributed by atoms with Crippen LogP contribution in [-0.4, -0.2) is 26.2 Å². The molecule has 1 aliphatic heterocycles. The molecular formula is C26H29Cl2N3O. The zero-order chi connectivity index (χ0) is 20.8. The molecule has 1 fully saturated rings. The van der Waals surface area contributed by atoms with Crippen molar-refractivity contribution in [1.29, 1.82) is 5.26 Å². The molecule has 3 aromatic rings. The molecule has 1 saturated heterocycles. The van der Waals surface area contributed by atoms with E-state index in [0.717, 1.165) is 48.5 Å². The van der Waals surface area contributed by atoms with Crippen LogP contribution in [0.25, 0.3) is 11.1 Å². The summed E-state index contributed by atoms with van der Waals surface area (Å²) < 4.78 is 5.63. The van der Waals surface area contributed by atoms with Gasteiger partial charge in [-0.3, -0.25) is 0 Å². The molecule has 0 amide bonds. The Morgan fingerprint density at radius 2 is 1.72 bits per heavy atom. The van der Waals surface area contributed by atoms with E-state index in [1.54, 1.807) is 7.11 Å². The first-order valence-corrected chi connectivity index (χ1v) is 10.4. The van der Waals surface area contributed by atoms with Gasteiger partial charge in [0.2, 0.25) is 0 Å². The Morgan fingerprint density at radius 3 is 2.41 bits per heavy atom. The molecule has 0 spiro atoms. The van der Waals surface area contributed by atoms with Crippen molar-refractivity contribution in [1.82, 2.24) is 10.6 Å². The second-order valence-electron chi connectivity index (χ2n) is 7.71. The smallest absolute Gasteiger partial charge is 0.123 e. The van der Waals surface area contributed by atoms with Crippen LogP contribution >= 0.6 is 24.8 Å². The Balaban J connectivity index is 0.00000181. The highest BCUT2D eigenvalue weighted by molar-refractivity contribution is 5.85. The standard InChI is InChI=1S/C26H27N3O.2ClH/c1-30-26-12-11-22(20-9-7-19(16-27)8-10-20)15-23(26)17-29-25-13-14-28-18-24(25)21-5-3-2-4-6-21;;/h2-12,15,24-25,28-29H,13-14,17-18H2,1H3;2*1H/t24-,25-;;/m0../s1. The molecule has 1 aliphatic rings. The second kappa shape index (κ2) is 12.5. The number of nitriles is 1. The van der Waals surface area contributed by atoms with Gasteiger partial charge in [0.15, 0.2) is 0 Å². The lowest BCUT2D eigenvalue weighted by atomic mass is 9.86. The summed E-state index contributed by atoms with van der Waals surface area (Å²) in [6.45, 7) is 2.77. The van der Waals surface area contributed by atoms with E-state index in [4.69, 9.17) is 10.00 Å². The first-order chi connectivity index (χ1) is 14.8. The molecule has 32 heavy (non-hydrogen) atoms. The van der Waals surface area contributed by atoms with Gasteiger partial charge in [-0.25, -0.2) is 0 Å². The first kappa shape index (κ1) is 25.7. The molecule has 6 heteroatoms. The Kier molecular flexibility index (Phi) is 10.0. The third kappa shape index (κ3) is 6.03. The third-order valence-electron chi connectivity index (χ3n) is 5.89. The summed E-state index contributed by atoms with van der Waals surface area (Å²) in [7, 11) is 1.72. The molecule has 0 radical (unpaired) electrons. The van der Waals surface area contributed by atoms with Crippen LogP contribution in [0, 0.1) is 11.3 Å². The molecule has 4 rings (SSSR count). The summed E-state index contributed by atoms with van der Waals surface area (Å²) in [5.41, 5.74) is 5.42. The maximum absolute atomic E-state index is 9.03. The van der Waals surface area contributed by atoms with Crippen molar-refractivity contribution in [2.24, 2.45) is 0 Å². The van der Waals surface area contributed by atoms with Gasteiger partial charge in [0.05, 0.1) is 18.7 Å². The number of hydrogen-bond acceptors (Lipinski definition) is 4. The van der Waals surface area contributed by atoms with E-state index in [9.17, 15) is 0 Å². The molecule has 0 bridgehead atoms. The number of benzene rings is 3. The molecule has 4 nitrogen and oxygen atoms in total. The first-order valence-electron chi connectivity index (χ1n) is 10.4. The molecule has 2 N–H and O–H groups in total. The van der Waals surface area contributed by atoms with Gasteiger partial charge in [-0.2, -0.15) is 5.26 Å². The van der Waals surface area contributed by atoms with E-state index in [2.05, 4.69) is 59.2 Å². The van der Waals surface area contributed by atoms with E-state index in [-0.39, 0.29) is 24.8 Å². The number of nitrogens with one attached hydrogen (secondary N) is 2. The van der Waals surface area contributed by atoms with Crippen molar-refractivity contribution >= 4 is 24.8 Å². The summed E-state index contributed by atoms with van der Waals surface area (Å²) in [6.07, 6.45) is 1.09. The predicted octanol–water partition coefficient (Wildman–Crippen LogP) is 5.31. The highest BCUT2D eigenvalue weighted by atomic mass is 35.5. The average molecular weight is 470 g/mol. The van der Waals surface area contributed by atoms with Crippen LogP contribution in [0.4, 0.5) is 0 Å². The Bertz CT molecular complexity index is 1020. The molecule has 1 heterocycles. The van der Waals surface area contributed by atoms with Crippen molar-refractivity contribution in [3.63, 3.8) is 0 Å². The van der Waals surface area contributed by atoms with E-state index in [0.29, 0.717) is 17.5 Å². The maximum Gasteiger partial charge on any atom is 0.123 e. The summed E-state index contributed by atoms with van der Waals surface area (Å²) in [5.74, 6) is 1.35. The third-order valence-corrected chi connectivity index (χ3v) is 5.89. The molecule has 0 saturated carbocycles. The minimum absolute atomic E-state index is 0. The van der Waals surface area contributed by atoms with E-state index in [1.807, 2.05) is 30.3 Å². The number of hydrogen-bond donors (Lipinski definition) is 2. The number of methoxy groups -OCH3 is 1. The molecule has 0 aromatic heterocycles. The quantitative estimate of drug-likeness (QED) is 0.513. The van der Waals surface area contributed by atoms with Crippen LogP contribution in [0.1, 0.15) is 29.0 Å².